The standard InChI is InChI=1S/C11H17N5O11P2/c1-15-3-16(8-5(15)9(19)14-11(12)13-8)10-7(18)6(17)4(26-10)2-25-29(23,24)27-28(20,21)22/h3-7,10,17-18H,2H2,1H3,(H4-,12,14,19,20,21,22,23,24)/p+1/t4-,5?,6-,7-,10-/m1/s1. The van der Waals surface area contributed by atoms with Gasteiger partial charge in [-0.15, -0.1) is 0 Å². The van der Waals surface area contributed by atoms with E-state index in [-0.39, 0.29) is 5.84 Å². The molecule has 6 atom stereocenters. The van der Waals surface area contributed by atoms with Gasteiger partial charge in [-0.05, 0) is 0 Å². The number of rotatable bonds is 6. The molecule has 16 nitrogen and oxygen atoms in total. The molecule has 1 fully saturated rings. The minimum atomic E-state index is -5.32. The van der Waals surface area contributed by atoms with Crippen molar-refractivity contribution in [2.45, 2.75) is 30.6 Å². The number of nitrogens with zero attached hydrogens (tertiary/aromatic N) is 3. The molecule has 2 unspecified atom stereocenters. The molecule has 0 spiro atoms. The third-order valence-corrected chi connectivity index (χ3v) is 6.31. The number of fused-ring (bicyclic) bond motifs is 1. The number of guanidine groups is 1. The van der Waals surface area contributed by atoms with Gasteiger partial charge in [-0.3, -0.25) is 20.0 Å². The number of phosphoric ester groups is 1. The predicted molar refractivity (Wildman–Crippen MR) is 90.8 cm³/mol. The highest BCUT2D eigenvalue weighted by molar-refractivity contribution is 7.60. The van der Waals surface area contributed by atoms with Gasteiger partial charge in [-0.2, -0.15) is 14.2 Å². The van der Waals surface area contributed by atoms with E-state index in [4.69, 9.17) is 19.9 Å². The average Bonchev–Trinajstić information content (AvgIpc) is 3.01. The molecule has 1 amide bonds. The summed E-state index contributed by atoms with van der Waals surface area (Å²) in [6, 6.07) is -0.901. The fraction of sp³-hybridized carbons (Fsp3) is 0.636. The van der Waals surface area contributed by atoms with Crippen LogP contribution in [-0.4, -0.2) is 103 Å². The van der Waals surface area contributed by atoms with Crippen LogP contribution in [0.5, 0.6) is 0 Å². The molecule has 0 bridgehead atoms. The summed E-state index contributed by atoms with van der Waals surface area (Å²) < 4.78 is 37.1. The topological polar surface area (TPSA) is 235 Å². The maximum absolute atomic E-state index is 12.1. The van der Waals surface area contributed by atoms with Crippen molar-refractivity contribution in [3.05, 3.63) is 0 Å². The van der Waals surface area contributed by atoms with Crippen molar-refractivity contribution in [1.82, 2.24) is 10.2 Å². The number of amidine groups is 1. The van der Waals surface area contributed by atoms with Crippen LogP contribution < -0.4 is 5.32 Å². The number of phosphoric acid groups is 2. The minimum Gasteiger partial charge on any atom is -0.387 e. The van der Waals surface area contributed by atoms with Gasteiger partial charge in [-0.25, -0.2) is 13.7 Å². The fourth-order valence-electron chi connectivity index (χ4n) is 3.01. The number of aliphatic hydroxyl groups excluding tert-OH is 2. The van der Waals surface area contributed by atoms with Crippen molar-refractivity contribution in [3.8, 4) is 0 Å². The number of aliphatic hydroxyl groups is 2. The zero-order valence-corrected chi connectivity index (χ0v) is 16.4. The number of carbonyl (C=O) groups is 1. The highest BCUT2D eigenvalue weighted by Gasteiger charge is 2.56. The van der Waals surface area contributed by atoms with E-state index >= 15 is 0 Å². The Balaban J connectivity index is 1.73. The molecule has 0 radical (unpaired) electrons. The molecule has 0 aromatic heterocycles. The van der Waals surface area contributed by atoms with Crippen LogP contribution in [0.25, 0.3) is 0 Å². The quantitative estimate of drug-likeness (QED) is 0.152. The van der Waals surface area contributed by atoms with Crippen LogP contribution in [0.4, 0.5) is 0 Å². The molecule has 3 rings (SSSR count). The molecule has 0 aliphatic carbocycles. The van der Waals surface area contributed by atoms with Crippen LogP contribution in [-0.2, 0) is 27.5 Å². The lowest BCUT2D eigenvalue weighted by Gasteiger charge is -2.22. The highest BCUT2D eigenvalue weighted by Crippen LogP contribution is 2.57. The summed E-state index contributed by atoms with van der Waals surface area (Å²) in [5.74, 6) is -0.916. The Hall–Kier alpha value is -1.58. The number of carbonyl (C=O) groups excluding carboxylic acids is 1. The van der Waals surface area contributed by atoms with E-state index in [1.54, 1.807) is 0 Å². The number of nitrogens with one attached hydrogen (secondary N) is 2. The van der Waals surface area contributed by atoms with E-state index in [0.717, 1.165) is 0 Å². The van der Waals surface area contributed by atoms with Gasteiger partial charge in [0, 0.05) is 0 Å². The summed E-state index contributed by atoms with van der Waals surface area (Å²) in [4.78, 5) is 43.6. The lowest BCUT2D eigenvalue weighted by molar-refractivity contribution is -0.498. The second kappa shape index (κ2) is 7.59. The largest absolute Gasteiger partial charge is 0.481 e. The first-order chi connectivity index (χ1) is 13.3. The van der Waals surface area contributed by atoms with Gasteiger partial charge in [0.25, 0.3) is 17.8 Å². The van der Waals surface area contributed by atoms with Gasteiger partial charge in [0.05, 0.1) is 13.7 Å². The fourth-order valence-corrected chi connectivity index (χ4v) is 4.61. The van der Waals surface area contributed by atoms with E-state index in [0.29, 0.717) is 0 Å². The predicted octanol–water partition coefficient (Wildman–Crippen LogP) is -3.52. The van der Waals surface area contributed by atoms with Gasteiger partial charge in [0.2, 0.25) is 18.5 Å². The van der Waals surface area contributed by atoms with Crippen molar-refractivity contribution < 1.29 is 57.0 Å². The molecule has 29 heavy (non-hydrogen) atoms. The summed E-state index contributed by atoms with van der Waals surface area (Å²) in [6.45, 7) is -0.863. The highest BCUT2D eigenvalue weighted by atomic mass is 31.3. The normalized spacial score (nSPS) is 34.4. The van der Waals surface area contributed by atoms with Crippen molar-refractivity contribution in [1.29, 1.82) is 5.41 Å². The number of amides is 1. The Labute approximate surface area is 162 Å². The Bertz CT molecular complexity index is 886. The van der Waals surface area contributed by atoms with Crippen LogP contribution in [0, 0.1) is 5.41 Å². The summed E-state index contributed by atoms with van der Waals surface area (Å²) >= 11 is 0. The molecular weight excluding hydrogens is 440 g/mol. The van der Waals surface area contributed by atoms with Gasteiger partial charge in [0.15, 0.2) is 0 Å². The number of likely N-dealkylation sites (N-methyl/N-ethyl adjacent to an activating group) is 1. The zero-order valence-electron chi connectivity index (χ0n) is 14.6. The Kier molecular flexibility index (Phi) is 5.79. The molecule has 3 aliphatic heterocycles. The van der Waals surface area contributed by atoms with Gasteiger partial charge in [-0.1, -0.05) is 0 Å². The number of aliphatic imine (C=N–C) groups is 1. The smallest absolute Gasteiger partial charge is 0.387 e. The van der Waals surface area contributed by atoms with Gasteiger partial charge in [0.1, 0.15) is 18.3 Å². The van der Waals surface area contributed by atoms with Crippen LogP contribution >= 0.6 is 15.6 Å². The number of ether oxygens (including phenoxy) is 1. The SMILES string of the molecule is C[N+]1=CN([C@@H]2O[C@H](COP(=O)(O)OP(=O)(O)O)[C@@H](O)[C@H]2O)C2=NC(=N)NC(=O)C21. The lowest BCUT2D eigenvalue weighted by Crippen LogP contribution is -2.54. The Morgan fingerprint density at radius 2 is 2.00 bits per heavy atom. The molecule has 0 saturated carbocycles. The first-order valence-electron chi connectivity index (χ1n) is 7.88. The van der Waals surface area contributed by atoms with E-state index < -0.39 is 64.7 Å². The van der Waals surface area contributed by atoms with E-state index in [2.05, 4.69) is 19.1 Å². The molecule has 3 heterocycles. The summed E-state index contributed by atoms with van der Waals surface area (Å²) in [7, 11) is -8.97. The Morgan fingerprint density at radius 3 is 2.62 bits per heavy atom. The van der Waals surface area contributed by atoms with Crippen molar-refractivity contribution in [3.63, 3.8) is 0 Å². The molecule has 162 valence electrons. The van der Waals surface area contributed by atoms with Crippen LogP contribution in [0.3, 0.4) is 0 Å². The van der Waals surface area contributed by atoms with Crippen molar-refractivity contribution in [2.75, 3.05) is 13.7 Å². The van der Waals surface area contributed by atoms with E-state index in [1.165, 1.54) is 22.9 Å². The third-order valence-electron chi connectivity index (χ3n) is 4.16. The van der Waals surface area contributed by atoms with Crippen LogP contribution in [0.1, 0.15) is 0 Å². The van der Waals surface area contributed by atoms with E-state index in [9.17, 15) is 29.0 Å². The monoisotopic (exact) mass is 458 g/mol. The van der Waals surface area contributed by atoms with Crippen LogP contribution in [0.15, 0.2) is 4.99 Å². The second-order valence-electron chi connectivity index (χ2n) is 6.28. The minimum absolute atomic E-state index is 0.0525. The van der Waals surface area contributed by atoms with Crippen molar-refractivity contribution >= 4 is 39.7 Å². The van der Waals surface area contributed by atoms with Gasteiger partial charge < -0.3 is 29.6 Å². The molecule has 1 saturated heterocycles. The molecule has 0 aromatic rings. The molecular formula is C11H18N5O11P2+. The summed E-state index contributed by atoms with van der Waals surface area (Å²) in [5, 5.41) is 30.2. The summed E-state index contributed by atoms with van der Waals surface area (Å²) in [6.07, 6.45) is -4.56. The van der Waals surface area contributed by atoms with Crippen LogP contribution in [0.2, 0.25) is 0 Å². The Morgan fingerprint density at radius 1 is 1.34 bits per heavy atom. The summed E-state index contributed by atoms with van der Waals surface area (Å²) in [5.41, 5.74) is 0. The first kappa shape index (κ1) is 22.1. The number of hydrogen-bond donors (Lipinski definition) is 7. The molecule has 7 N–H and O–H groups in total. The molecule has 0 aromatic carbocycles. The zero-order chi connectivity index (χ0) is 21.7. The second-order valence-corrected chi connectivity index (χ2v) is 9.11. The number of hydrogen-bond acceptors (Lipinski definition) is 10. The molecule has 3 aliphatic rings. The molecule has 18 heteroatoms. The third kappa shape index (κ3) is 4.62. The van der Waals surface area contributed by atoms with Crippen molar-refractivity contribution in [2.24, 2.45) is 4.99 Å². The lowest BCUT2D eigenvalue weighted by atomic mass is 10.1. The van der Waals surface area contributed by atoms with Gasteiger partial charge >= 0.3 is 15.6 Å². The van der Waals surface area contributed by atoms with E-state index in [1.807, 2.05) is 0 Å². The maximum atomic E-state index is 12.1. The first-order valence-corrected chi connectivity index (χ1v) is 10.9. The maximum Gasteiger partial charge on any atom is 0.481 e. The average molecular weight is 458 g/mol.